The van der Waals surface area contributed by atoms with Crippen LogP contribution in [0, 0.1) is 5.92 Å². The van der Waals surface area contributed by atoms with Gasteiger partial charge in [0, 0.05) is 0 Å². The molecule has 1 atom stereocenters. The van der Waals surface area contributed by atoms with Gasteiger partial charge >= 0.3 is 11.9 Å². The molecule has 1 amide bonds. The standard InChI is InChI=1S/C10H11NO5S/c1-5(9(13)14)8(12)11-6-3-4-17-7(6)10(15)16-2/h3-5H,1-2H3,(H,11,12)(H,13,14). The van der Waals surface area contributed by atoms with Gasteiger partial charge in [0.25, 0.3) is 0 Å². The lowest BCUT2D eigenvalue weighted by atomic mass is 10.1. The quantitative estimate of drug-likeness (QED) is 0.624. The molecule has 0 bridgehead atoms. The molecule has 0 aromatic carbocycles. The molecule has 92 valence electrons. The monoisotopic (exact) mass is 257 g/mol. The summed E-state index contributed by atoms with van der Waals surface area (Å²) in [4.78, 5) is 33.6. The van der Waals surface area contributed by atoms with Crippen molar-refractivity contribution in [1.82, 2.24) is 0 Å². The summed E-state index contributed by atoms with van der Waals surface area (Å²) in [5.41, 5.74) is 0.264. The second-order valence-corrected chi connectivity index (χ2v) is 4.12. The van der Waals surface area contributed by atoms with Crippen LogP contribution in [0.2, 0.25) is 0 Å². The maximum atomic E-state index is 11.5. The first-order valence-electron chi connectivity index (χ1n) is 4.66. The van der Waals surface area contributed by atoms with Crippen molar-refractivity contribution in [2.45, 2.75) is 6.92 Å². The van der Waals surface area contributed by atoms with E-state index in [1.807, 2.05) is 0 Å². The molecule has 0 aliphatic rings. The summed E-state index contributed by atoms with van der Waals surface area (Å²) in [6.45, 7) is 1.27. The molecule has 1 heterocycles. The van der Waals surface area contributed by atoms with Crippen LogP contribution in [-0.4, -0.2) is 30.1 Å². The van der Waals surface area contributed by atoms with Crippen LogP contribution < -0.4 is 5.32 Å². The summed E-state index contributed by atoms with van der Waals surface area (Å²) in [5, 5.41) is 12.6. The lowest BCUT2D eigenvalue weighted by molar-refractivity contribution is -0.144. The summed E-state index contributed by atoms with van der Waals surface area (Å²) >= 11 is 1.11. The number of carboxylic acids is 1. The molecular weight excluding hydrogens is 246 g/mol. The van der Waals surface area contributed by atoms with Gasteiger partial charge in [-0.15, -0.1) is 11.3 Å². The Balaban J connectivity index is 2.82. The normalized spacial score (nSPS) is 11.6. The van der Waals surface area contributed by atoms with Crippen LogP contribution in [-0.2, 0) is 14.3 Å². The molecule has 0 spiro atoms. The number of rotatable bonds is 4. The summed E-state index contributed by atoms with van der Waals surface area (Å²) < 4.78 is 4.53. The third-order valence-corrected chi connectivity index (χ3v) is 2.95. The van der Waals surface area contributed by atoms with Crippen LogP contribution in [0.1, 0.15) is 16.6 Å². The number of carboxylic acid groups (broad SMARTS) is 1. The number of hydrogen-bond acceptors (Lipinski definition) is 5. The van der Waals surface area contributed by atoms with Gasteiger partial charge in [-0.3, -0.25) is 9.59 Å². The minimum absolute atomic E-state index is 0.235. The van der Waals surface area contributed by atoms with Crippen molar-refractivity contribution >= 4 is 34.9 Å². The zero-order chi connectivity index (χ0) is 13.0. The number of ether oxygens (including phenoxy) is 1. The SMILES string of the molecule is COC(=O)c1sccc1NC(=O)C(C)C(=O)O. The lowest BCUT2D eigenvalue weighted by Crippen LogP contribution is -2.27. The van der Waals surface area contributed by atoms with E-state index < -0.39 is 23.8 Å². The maximum absolute atomic E-state index is 11.5. The van der Waals surface area contributed by atoms with Gasteiger partial charge in [-0.2, -0.15) is 0 Å². The van der Waals surface area contributed by atoms with Crippen LogP contribution >= 0.6 is 11.3 Å². The van der Waals surface area contributed by atoms with Gasteiger partial charge in [0.15, 0.2) is 0 Å². The second-order valence-electron chi connectivity index (χ2n) is 3.20. The molecule has 0 fully saturated rings. The highest BCUT2D eigenvalue weighted by Gasteiger charge is 2.23. The van der Waals surface area contributed by atoms with Crippen molar-refractivity contribution < 1.29 is 24.2 Å². The Morgan fingerprint density at radius 2 is 2.12 bits per heavy atom. The summed E-state index contributed by atoms with van der Waals surface area (Å²) in [6.07, 6.45) is 0. The van der Waals surface area contributed by atoms with E-state index in [2.05, 4.69) is 10.1 Å². The zero-order valence-corrected chi connectivity index (χ0v) is 10.0. The van der Waals surface area contributed by atoms with Gasteiger partial charge < -0.3 is 15.2 Å². The van der Waals surface area contributed by atoms with Crippen LogP contribution in [0.5, 0.6) is 0 Å². The number of aliphatic carboxylic acids is 1. The summed E-state index contributed by atoms with van der Waals surface area (Å²) in [5.74, 6) is -3.66. The first-order chi connectivity index (χ1) is 7.97. The van der Waals surface area contributed by atoms with Crippen LogP contribution in [0.3, 0.4) is 0 Å². The van der Waals surface area contributed by atoms with Gasteiger partial charge in [-0.1, -0.05) is 0 Å². The van der Waals surface area contributed by atoms with Crippen molar-refractivity contribution in [3.05, 3.63) is 16.3 Å². The van der Waals surface area contributed by atoms with E-state index >= 15 is 0 Å². The van der Waals surface area contributed by atoms with Gasteiger partial charge in [0.2, 0.25) is 5.91 Å². The molecule has 6 nitrogen and oxygen atoms in total. The third-order valence-electron chi connectivity index (χ3n) is 2.06. The minimum Gasteiger partial charge on any atom is -0.481 e. The molecular formula is C10H11NO5S. The molecule has 7 heteroatoms. The fourth-order valence-electron chi connectivity index (χ4n) is 1.01. The number of carbonyl (C=O) groups is 3. The molecule has 0 radical (unpaired) electrons. The van der Waals surface area contributed by atoms with Crippen LogP contribution in [0.15, 0.2) is 11.4 Å². The molecule has 0 aliphatic heterocycles. The molecule has 1 rings (SSSR count). The molecule has 1 aromatic rings. The first-order valence-corrected chi connectivity index (χ1v) is 5.54. The topological polar surface area (TPSA) is 92.7 Å². The fraction of sp³-hybridized carbons (Fsp3) is 0.300. The minimum atomic E-state index is -1.22. The van der Waals surface area contributed by atoms with Crippen molar-refractivity contribution in [1.29, 1.82) is 0 Å². The molecule has 2 N–H and O–H groups in total. The molecule has 17 heavy (non-hydrogen) atoms. The lowest BCUT2D eigenvalue weighted by Gasteiger charge is -2.08. The Labute approximate surface area is 101 Å². The van der Waals surface area contributed by atoms with Gasteiger partial charge in [0.05, 0.1) is 12.8 Å². The van der Waals surface area contributed by atoms with Crippen LogP contribution in [0.4, 0.5) is 5.69 Å². The zero-order valence-electron chi connectivity index (χ0n) is 9.22. The van der Waals surface area contributed by atoms with E-state index in [0.29, 0.717) is 0 Å². The molecule has 0 saturated heterocycles. The molecule has 1 aromatic heterocycles. The van der Waals surface area contributed by atoms with Crippen LogP contribution in [0.25, 0.3) is 0 Å². The Bertz CT molecular complexity index is 453. The Kier molecular flexibility index (Phi) is 4.22. The first kappa shape index (κ1) is 13.2. The van der Waals surface area contributed by atoms with E-state index in [0.717, 1.165) is 11.3 Å². The average molecular weight is 257 g/mol. The third kappa shape index (κ3) is 3.04. The Hall–Kier alpha value is -1.89. The predicted molar refractivity (Wildman–Crippen MR) is 61.1 cm³/mol. The number of esters is 1. The van der Waals surface area contributed by atoms with Crippen molar-refractivity contribution in [2.75, 3.05) is 12.4 Å². The van der Waals surface area contributed by atoms with E-state index in [4.69, 9.17) is 5.11 Å². The van der Waals surface area contributed by atoms with Gasteiger partial charge in [0.1, 0.15) is 10.8 Å². The number of nitrogens with one attached hydrogen (secondary N) is 1. The van der Waals surface area contributed by atoms with E-state index in [-0.39, 0.29) is 10.6 Å². The largest absolute Gasteiger partial charge is 0.481 e. The Morgan fingerprint density at radius 1 is 1.47 bits per heavy atom. The van der Waals surface area contributed by atoms with Crippen molar-refractivity contribution in [3.63, 3.8) is 0 Å². The van der Waals surface area contributed by atoms with Crippen molar-refractivity contribution in [3.8, 4) is 0 Å². The number of amides is 1. The van der Waals surface area contributed by atoms with Gasteiger partial charge in [-0.05, 0) is 18.4 Å². The Morgan fingerprint density at radius 3 is 2.65 bits per heavy atom. The van der Waals surface area contributed by atoms with E-state index in [9.17, 15) is 14.4 Å². The van der Waals surface area contributed by atoms with Gasteiger partial charge in [-0.25, -0.2) is 4.79 Å². The number of methoxy groups -OCH3 is 1. The molecule has 0 saturated carbocycles. The number of hydrogen-bond donors (Lipinski definition) is 2. The molecule has 1 unspecified atom stereocenters. The molecule has 0 aliphatic carbocycles. The average Bonchev–Trinajstić information content (AvgIpc) is 2.74. The number of carbonyl (C=O) groups excluding carboxylic acids is 2. The summed E-state index contributed by atoms with van der Waals surface area (Å²) in [7, 11) is 1.23. The number of thiophene rings is 1. The van der Waals surface area contributed by atoms with E-state index in [1.54, 1.807) is 5.38 Å². The summed E-state index contributed by atoms with van der Waals surface area (Å²) in [6, 6.07) is 1.52. The highest BCUT2D eigenvalue weighted by atomic mass is 32.1. The predicted octanol–water partition coefficient (Wildman–Crippen LogP) is 1.19. The smallest absolute Gasteiger partial charge is 0.350 e. The highest BCUT2D eigenvalue weighted by Crippen LogP contribution is 2.23. The van der Waals surface area contributed by atoms with E-state index in [1.165, 1.54) is 20.1 Å². The highest BCUT2D eigenvalue weighted by molar-refractivity contribution is 7.12. The van der Waals surface area contributed by atoms with Crippen molar-refractivity contribution in [2.24, 2.45) is 5.92 Å². The second kappa shape index (κ2) is 5.44. The fourth-order valence-corrected chi connectivity index (χ4v) is 1.78. The maximum Gasteiger partial charge on any atom is 0.350 e. The number of anilines is 1.